The summed E-state index contributed by atoms with van der Waals surface area (Å²) < 4.78 is 0. The van der Waals surface area contributed by atoms with E-state index in [1.165, 1.54) is 11.1 Å². The Morgan fingerprint density at radius 2 is 1.87 bits per heavy atom. The molecule has 0 radical (unpaired) electrons. The first-order valence-corrected chi connectivity index (χ1v) is 11.1. The topological polar surface area (TPSA) is 72.8 Å². The lowest BCUT2D eigenvalue weighted by molar-refractivity contribution is 0.465. The van der Waals surface area contributed by atoms with Crippen LogP contribution in [0, 0.1) is 11.3 Å². The largest absolute Gasteiger partial charge is 0.380 e. The van der Waals surface area contributed by atoms with Crippen LogP contribution in [0.2, 0.25) is 0 Å². The molecule has 0 aliphatic carbocycles. The highest BCUT2D eigenvalue weighted by molar-refractivity contribution is 7.81. The first kappa shape index (κ1) is 21.2. The zero-order chi connectivity index (χ0) is 21.6. The summed E-state index contributed by atoms with van der Waals surface area (Å²) in [6.07, 6.45) is 1.80. The van der Waals surface area contributed by atoms with E-state index in [0.29, 0.717) is 11.5 Å². The van der Waals surface area contributed by atoms with Gasteiger partial charge in [0.05, 0.1) is 23.4 Å². The van der Waals surface area contributed by atoms with E-state index in [-0.39, 0.29) is 17.3 Å². The number of nitrogens with one attached hydrogen (secondary N) is 3. The monoisotopic (exact) mass is 429 g/mol. The van der Waals surface area contributed by atoms with Gasteiger partial charge in [0.15, 0.2) is 0 Å². The van der Waals surface area contributed by atoms with Crippen LogP contribution in [0.3, 0.4) is 0 Å². The highest BCUT2D eigenvalue weighted by atomic mass is 32.1. The van der Waals surface area contributed by atoms with Crippen molar-refractivity contribution >= 4 is 24.1 Å². The van der Waals surface area contributed by atoms with Crippen molar-refractivity contribution < 1.29 is 0 Å². The Morgan fingerprint density at radius 1 is 1.10 bits per heavy atom. The average molecular weight is 430 g/mol. The van der Waals surface area contributed by atoms with E-state index in [9.17, 15) is 0 Å². The molecule has 0 bridgehead atoms. The predicted octanol–water partition coefficient (Wildman–Crippen LogP) is 4.59. The summed E-state index contributed by atoms with van der Waals surface area (Å²) in [5.74, 6) is 1.18. The van der Waals surface area contributed by atoms with Gasteiger partial charge in [-0.25, -0.2) is 4.98 Å². The van der Waals surface area contributed by atoms with Crippen molar-refractivity contribution in [3.05, 3.63) is 89.6 Å². The lowest BCUT2D eigenvalue weighted by Crippen LogP contribution is -2.46. The van der Waals surface area contributed by atoms with Crippen LogP contribution in [0.15, 0.2) is 72.9 Å². The number of benzene rings is 2. The predicted molar refractivity (Wildman–Crippen MR) is 130 cm³/mol. The lowest BCUT2D eigenvalue weighted by atomic mass is 9.95. The van der Waals surface area contributed by atoms with E-state index in [0.717, 1.165) is 24.6 Å². The third kappa shape index (κ3) is 5.01. The molecule has 2 heterocycles. The summed E-state index contributed by atoms with van der Waals surface area (Å²) in [5.41, 5.74) is 4.14. The van der Waals surface area contributed by atoms with Crippen molar-refractivity contribution in [3.63, 3.8) is 0 Å². The zero-order valence-electron chi connectivity index (χ0n) is 17.5. The molecule has 0 saturated heterocycles. The molecule has 0 amide bonds. The fourth-order valence-electron chi connectivity index (χ4n) is 3.95. The number of hydrogen-bond acceptors (Lipinski definition) is 6. The number of nitriles is 1. The van der Waals surface area contributed by atoms with Gasteiger partial charge in [-0.3, -0.25) is 0 Å². The van der Waals surface area contributed by atoms with Gasteiger partial charge in [0.2, 0.25) is 0 Å². The molecule has 6 heteroatoms. The van der Waals surface area contributed by atoms with Gasteiger partial charge in [0.25, 0.3) is 0 Å². The second-order valence-electron chi connectivity index (χ2n) is 7.95. The Labute approximate surface area is 189 Å². The number of rotatable bonds is 7. The summed E-state index contributed by atoms with van der Waals surface area (Å²) in [4.78, 5) is 4.46. The molecule has 1 unspecified atom stereocenters. The van der Waals surface area contributed by atoms with Crippen LogP contribution in [0.1, 0.15) is 35.6 Å². The number of nitrogens with zero attached hydrogens (tertiary/aromatic N) is 2. The molecule has 4 rings (SSSR count). The van der Waals surface area contributed by atoms with E-state index >= 15 is 0 Å². The first-order chi connectivity index (χ1) is 15.2. The van der Waals surface area contributed by atoms with Gasteiger partial charge < -0.3 is 16.0 Å². The third-order valence-corrected chi connectivity index (χ3v) is 6.47. The highest BCUT2D eigenvalue weighted by Crippen LogP contribution is 2.30. The maximum absolute atomic E-state index is 9.03. The molecular formula is C25H27N5S. The third-order valence-electron chi connectivity index (χ3n) is 5.81. The van der Waals surface area contributed by atoms with Crippen LogP contribution in [-0.2, 0) is 0 Å². The molecule has 0 fully saturated rings. The minimum absolute atomic E-state index is 0.0261. The standard InChI is InChI=1S/C25H27N5S/c1-17(19-11-9-18(14-26)10-12-19)15-29-23(20-6-3-2-4-7-20)24(31)22-16-28-21-8-5-13-27-25(21)30-22/h2-13,17,22-24,28-29,31H,15-16H2,1H3,(H,27,30)/t17-,22+,23-,24?/m0/s1. The van der Waals surface area contributed by atoms with Crippen molar-refractivity contribution in [3.8, 4) is 6.07 Å². The summed E-state index contributed by atoms with van der Waals surface area (Å²) in [5, 5.41) is 19.8. The van der Waals surface area contributed by atoms with E-state index in [1.54, 1.807) is 6.20 Å². The van der Waals surface area contributed by atoms with Crippen molar-refractivity contribution in [2.24, 2.45) is 0 Å². The number of aromatic nitrogens is 1. The van der Waals surface area contributed by atoms with E-state index in [1.807, 2.05) is 42.5 Å². The SMILES string of the molecule is C[C@@H](CN[C@@H](c1ccccc1)C(S)[C@H]1CNc2cccnc2N1)c1ccc(C#N)cc1. The zero-order valence-corrected chi connectivity index (χ0v) is 18.4. The molecule has 2 aromatic carbocycles. The Hall–Kier alpha value is -3.01. The Kier molecular flexibility index (Phi) is 6.76. The molecule has 1 aromatic heterocycles. The van der Waals surface area contributed by atoms with Crippen molar-refractivity contribution in [2.75, 3.05) is 23.7 Å². The maximum atomic E-state index is 9.03. The maximum Gasteiger partial charge on any atom is 0.149 e. The number of anilines is 2. The number of hydrogen-bond donors (Lipinski definition) is 4. The Morgan fingerprint density at radius 3 is 2.61 bits per heavy atom. The van der Waals surface area contributed by atoms with Gasteiger partial charge in [-0.2, -0.15) is 17.9 Å². The van der Waals surface area contributed by atoms with Crippen molar-refractivity contribution in [2.45, 2.75) is 30.2 Å². The van der Waals surface area contributed by atoms with Gasteiger partial charge in [-0.1, -0.05) is 49.4 Å². The van der Waals surface area contributed by atoms with Crippen LogP contribution in [0.4, 0.5) is 11.5 Å². The molecule has 1 aliphatic heterocycles. The Balaban J connectivity index is 1.49. The average Bonchev–Trinajstić information content (AvgIpc) is 2.84. The summed E-state index contributed by atoms with van der Waals surface area (Å²) in [6.45, 7) is 3.78. The van der Waals surface area contributed by atoms with Gasteiger partial charge in [-0.15, -0.1) is 0 Å². The van der Waals surface area contributed by atoms with E-state index in [2.05, 4.69) is 58.2 Å². The van der Waals surface area contributed by atoms with E-state index in [4.69, 9.17) is 17.9 Å². The Bertz CT molecular complexity index is 1030. The summed E-state index contributed by atoms with van der Waals surface area (Å²) in [6, 6.07) is 24.6. The second kappa shape index (κ2) is 9.86. The molecule has 0 saturated carbocycles. The fraction of sp³-hybridized carbons (Fsp3) is 0.280. The lowest BCUT2D eigenvalue weighted by Gasteiger charge is -2.36. The molecule has 3 aromatic rings. The second-order valence-corrected chi connectivity index (χ2v) is 8.55. The van der Waals surface area contributed by atoms with Crippen LogP contribution in [0.5, 0.6) is 0 Å². The quantitative estimate of drug-likeness (QED) is 0.414. The van der Waals surface area contributed by atoms with Crippen molar-refractivity contribution in [1.82, 2.24) is 10.3 Å². The van der Waals surface area contributed by atoms with Crippen LogP contribution in [0.25, 0.3) is 0 Å². The minimum atomic E-state index is 0.0261. The summed E-state index contributed by atoms with van der Waals surface area (Å²) >= 11 is 5.06. The van der Waals surface area contributed by atoms with Gasteiger partial charge in [-0.05, 0) is 41.3 Å². The molecule has 31 heavy (non-hydrogen) atoms. The van der Waals surface area contributed by atoms with Crippen molar-refractivity contribution in [1.29, 1.82) is 5.26 Å². The minimum Gasteiger partial charge on any atom is -0.380 e. The van der Waals surface area contributed by atoms with Gasteiger partial charge in [0.1, 0.15) is 5.82 Å². The van der Waals surface area contributed by atoms with E-state index < -0.39 is 0 Å². The smallest absolute Gasteiger partial charge is 0.149 e. The molecule has 0 spiro atoms. The van der Waals surface area contributed by atoms with Gasteiger partial charge >= 0.3 is 0 Å². The first-order valence-electron chi connectivity index (χ1n) is 10.6. The molecule has 3 N–H and O–H groups in total. The molecule has 1 aliphatic rings. The number of thiol groups is 1. The van der Waals surface area contributed by atoms with Gasteiger partial charge in [0, 0.05) is 30.6 Å². The normalized spacial score (nSPS) is 17.9. The van der Waals surface area contributed by atoms with Crippen LogP contribution >= 0.6 is 12.6 Å². The van der Waals surface area contributed by atoms with Crippen LogP contribution < -0.4 is 16.0 Å². The fourth-order valence-corrected chi connectivity index (χ4v) is 4.41. The molecule has 158 valence electrons. The highest BCUT2D eigenvalue weighted by Gasteiger charge is 2.31. The number of pyridine rings is 1. The summed E-state index contributed by atoms with van der Waals surface area (Å²) in [7, 11) is 0. The molecule has 5 nitrogen and oxygen atoms in total. The van der Waals surface area contributed by atoms with Crippen LogP contribution in [-0.4, -0.2) is 29.4 Å². The molecular weight excluding hydrogens is 402 g/mol. The number of fused-ring (bicyclic) bond motifs is 1. The molecule has 4 atom stereocenters.